The average Bonchev–Trinajstić information content (AvgIpc) is 3.55. The van der Waals surface area contributed by atoms with Crippen LogP contribution in [0.2, 0.25) is 0 Å². The number of ether oxygens (including phenoxy) is 1. The molecule has 0 atom stereocenters. The first-order valence-electron chi connectivity index (χ1n) is 17.3. The van der Waals surface area contributed by atoms with Gasteiger partial charge in [0.2, 0.25) is 0 Å². The number of benzene rings is 7. The highest BCUT2D eigenvalue weighted by Crippen LogP contribution is 2.52. The van der Waals surface area contributed by atoms with Gasteiger partial charge in [0.15, 0.2) is 29.0 Å². The van der Waals surface area contributed by atoms with Crippen molar-refractivity contribution >= 4 is 38.9 Å². The molecular weight excluding hydrogens is 653 g/mol. The fraction of sp³-hybridized carbons (Fsp3) is 0. The molecule has 2 aromatic heterocycles. The van der Waals surface area contributed by atoms with Crippen molar-refractivity contribution in [2.75, 3.05) is 4.90 Å². The van der Waals surface area contributed by atoms with Crippen LogP contribution in [0.25, 0.3) is 61.7 Å². The van der Waals surface area contributed by atoms with Crippen molar-refractivity contribution in [3.63, 3.8) is 0 Å². The molecule has 0 amide bonds. The van der Waals surface area contributed by atoms with Gasteiger partial charge in [0.05, 0.1) is 34.0 Å². The van der Waals surface area contributed by atoms with Crippen molar-refractivity contribution in [3.05, 3.63) is 175 Å². The van der Waals surface area contributed by atoms with Crippen LogP contribution in [0.3, 0.4) is 0 Å². The minimum absolute atomic E-state index is 0.435. The number of para-hydroxylation sites is 4. The van der Waals surface area contributed by atoms with E-state index in [1.807, 2.05) is 109 Å². The van der Waals surface area contributed by atoms with Gasteiger partial charge >= 0.3 is 0 Å². The maximum Gasteiger partial charge on any atom is 0.165 e. The summed E-state index contributed by atoms with van der Waals surface area (Å²) in [5.74, 6) is 3.05. The number of anilines is 3. The Labute approximate surface area is 305 Å². The third-order valence-corrected chi connectivity index (χ3v) is 9.66. The second-order valence-electron chi connectivity index (χ2n) is 12.8. The minimum atomic E-state index is 0.435. The number of aromatic nitrogens is 4. The van der Waals surface area contributed by atoms with E-state index in [1.54, 1.807) is 0 Å². The topological polar surface area (TPSA) is 79.9 Å². The first-order chi connectivity index (χ1) is 26.2. The fourth-order valence-corrected chi connectivity index (χ4v) is 7.24. The van der Waals surface area contributed by atoms with Crippen molar-refractivity contribution < 1.29 is 4.74 Å². The highest BCUT2D eigenvalue weighted by atomic mass is 16.5. The molecule has 1 aliphatic rings. The van der Waals surface area contributed by atoms with Crippen molar-refractivity contribution in [2.24, 2.45) is 0 Å². The highest BCUT2D eigenvalue weighted by molar-refractivity contribution is 6.12. The summed E-state index contributed by atoms with van der Waals surface area (Å²) in [6.45, 7) is 0. The summed E-state index contributed by atoms with van der Waals surface area (Å²) < 4.78 is 8.81. The van der Waals surface area contributed by atoms with Gasteiger partial charge in [0, 0.05) is 44.9 Å². The smallest absolute Gasteiger partial charge is 0.165 e. The summed E-state index contributed by atoms with van der Waals surface area (Å²) in [6.07, 6.45) is 0. The lowest BCUT2D eigenvalue weighted by Crippen LogP contribution is -2.15. The summed E-state index contributed by atoms with van der Waals surface area (Å²) in [6, 6.07) is 59.2. The Bertz CT molecular complexity index is 2820. The summed E-state index contributed by atoms with van der Waals surface area (Å²) in [5, 5.41) is 12.8. The zero-order valence-electron chi connectivity index (χ0n) is 28.3. The average molecular weight is 681 g/mol. The van der Waals surface area contributed by atoms with Gasteiger partial charge in [-0.2, -0.15) is 5.26 Å². The van der Waals surface area contributed by atoms with Crippen molar-refractivity contribution in [1.29, 1.82) is 5.26 Å². The van der Waals surface area contributed by atoms with Gasteiger partial charge in [-0.15, -0.1) is 0 Å². The Hall–Kier alpha value is -7.56. The summed E-state index contributed by atoms with van der Waals surface area (Å²) in [5.41, 5.74) is 8.62. The highest BCUT2D eigenvalue weighted by Gasteiger charge is 2.28. The Morgan fingerprint density at radius 3 is 1.81 bits per heavy atom. The molecule has 3 heterocycles. The maximum atomic E-state index is 10.6. The number of fused-ring (bicyclic) bond motifs is 5. The maximum absolute atomic E-state index is 10.6. The van der Waals surface area contributed by atoms with E-state index in [2.05, 4.69) is 76.2 Å². The van der Waals surface area contributed by atoms with Crippen LogP contribution in [0.5, 0.6) is 11.5 Å². The molecule has 0 radical (unpaired) electrons. The number of nitriles is 1. The molecular formula is C46H28N6O. The van der Waals surface area contributed by atoms with Gasteiger partial charge in [0.25, 0.3) is 0 Å². The molecule has 9 aromatic rings. The van der Waals surface area contributed by atoms with Gasteiger partial charge in [-0.3, -0.25) is 0 Å². The first kappa shape index (κ1) is 30.3. The predicted octanol–water partition coefficient (Wildman–Crippen LogP) is 11.4. The molecule has 0 aliphatic carbocycles. The SMILES string of the molecule is N#Cc1cc(-n2c3ccccc3c3cc4c(cc32)Oc2ccccc2N4c2ccccc2)ccc1-c1nc(-c2ccccc2)nc(-c2ccccc2)n1. The third-order valence-electron chi connectivity index (χ3n) is 9.66. The van der Waals surface area contributed by atoms with Crippen molar-refractivity contribution in [1.82, 2.24) is 19.5 Å². The Morgan fingerprint density at radius 1 is 0.472 bits per heavy atom. The number of rotatable bonds is 5. The Kier molecular flexibility index (Phi) is 7.05. The van der Waals surface area contributed by atoms with Crippen LogP contribution in [-0.4, -0.2) is 19.5 Å². The second kappa shape index (κ2) is 12.3. The van der Waals surface area contributed by atoms with Gasteiger partial charge in [-0.1, -0.05) is 109 Å². The minimum Gasteiger partial charge on any atom is -0.453 e. The third kappa shape index (κ3) is 5.09. The molecule has 0 spiro atoms. The molecule has 7 heteroatoms. The number of hydrogen-bond donors (Lipinski definition) is 0. The monoisotopic (exact) mass is 680 g/mol. The lowest BCUT2D eigenvalue weighted by Gasteiger charge is -2.33. The van der Waals surface area contributed by atoms with E-state index in [0.717, 1.165) is 67.2 Å². The van der Waals surface area contributed by atoms with Gasteiger partial charge < -0.3 is 14.2 Å². The van der Waals surface area contributed by atoms with Gasteiger partial charge in [-0.25, -0.2) is 15.0 Å². The lowest BCUT2D eigenvalue weighted by molar-refractivity contribution is 0.477. The number of hydrogen-bond acceptors (Lipinski definition) is 6. The van der Waals surface area contributed by atoms with E-state index in [9.17, 15) is 5.26 Å². The first-order valence-corrected chi connectivity index (χ1v) is 17.3. The Morgan fingerprint density at radius 2 is 1.09 bits per heavy atom. The van der Waals surface area contributed by atoms with E-state index in [-0.39, 0.29) is 0 Å². The molecule has 0 unspecified atom stereocenters. The molecule has 0 saturated carbocycles. The van der Waals surface area contributed by atoms with Crippen molar-refractivity contribution in [2.45, 2.75) is 0 Å². The normalized spacial score (nSPS) is 11.9. The van der Waals surface area contributed by atoms with E-state index < -0.39 is 0 Å². The number of nitrogens with zero attached hydrogens (tertiary/aromatic N) is 6. The molecule has 248 valence electrons. The lowest BCUT2D eigenvalue weighted by atomic mass is 10.1. The molecule has 7 nitrogen and oxygen atoms in total. The van der Waals surface area contributed by atoms with E-state index in [0.29, 0.717) is 28.6 Å². The van der Waals surface area contributed by atoms with Crippen LogP contribution in [0.1, 0.15) is 5.56 Å². The molecule has 7 aromatic carbocycles. The molecule has 10 rings (SSSR count). The van der Waals surface area contributed by atoms with Gasteiger partial charge in [-0.05, 0) is 54.6 Å². The standard InChI is InChI=1S/C46H28N6O/c47-29-32-26-34(24-25-35(32)46-49-44(30-14-4-1-5-15-30)48-45(50-46)31-16-6-2-7-17-31)52-38-21-11-10-20-36(38)37-27-41-43(28-40(37)52)53-42-23-13-12-22-39(42)51(41)33-18-8-3-9-19-33/h1-28H. The molecule has 0 bridgehead atoms. The molecule has 0 N–H and O–H groups in total. The van der Waals surface area contributed by atoms with Crippen LogP contribution < -0.4 is 9.64 Å². The van der Waals surface area contributed by atoms with Crippen LogP contribution >= 0.6 is 0 Å². The zero-order chi connectivity index (χ0) is 35.3. The molecule has 53 heavy (non-hydrogen) atoms. The van der Waals surface area contributed by atoms with Gasteiger partial charge in [0.1, 0.15) is 0 Å². The van der Waals surface area contributed by atoms with Crippen LogP contribution in [0, 0.1) is 11.3 Å². The van der Waals surface area contributed by atoms with Crippen LogP contribution in [-0.2, 0) is 0 Å². The van der Waals surface area contributed by atoms with Crippen LogP contribution in [0.4, 0.5) is 17.1 Å². The molecule has 1 aliphatic heterocycles. The summed E-state index contributed by atoms with van der Waals surface area (Å²) in [4.78, 5) is 16.9. The Balaban J connectivity index is 1.16. The predicted molar refractivity (Wildman–Crippen MR) is 210 cm³/mol. The largest absolute Gasteiger partial charge is 0.453 e. The van der Waals surface area contributed by atoms with Crippen LogP contribution in [0.15, 0.2) is 170 Å². The quantitative estimate of drug-likeness (QED) is 0.180. The summed E-state index contributed by atoms with van der Waals surface area (Å²) in [7, 11) is 0. The van der Waals surface area contributed by atoms with E-state index in [1.165, 1.54) is 0 Å². The second-order valence-corrected chi connectivity index (χ2v) is 12.8. The van der Waals surface area contributed by atoms with E-state index >= 15 is 0 Å². The molecule has 0 fully saturated rings. The zero-order valence-corrected chi connectivity index (χ0v) is 28.3. The van der Waals surface area contributed by atoms with E-state index in [4.69, 9.17) is 19.7 Å². The fourth-order valence-electron chi connectivity index (χ4n) is 7.24. The molecule has 0 saturated heterocycles. The summed E-state index contributed by atoms with van der Waals surface area (Å²) >= 11 is 0. The van der Waals surface area contributed by atoms with Crippen molar-refractivity contribution in [3.8, 4) is 57.4 Å².